The zero-order valence-electron chi connectivity index (χ0n) is 8.56. The molecule has 0 bridgehead atoms. The molecule has 0 aromatic heterocycles. The summed E-state index contributed by atoms with van der Waals surface area (Å²) in [4.78, 5) is 12.3. The molecule has 1 aliphatic rings. The fourth-order valence-electron chi connectivity index (χ4n) is 1.22. The van der Waals surface area contributed by atoms with Gasteiger partial charge in [-0.25, -0.2) is 0 Å². The van der Waals surface area contributed by atoms with Crippen LogP contribution >= 0.6 is 0 Å². The number of hydrogen-bond acceptors (Lipinski definition) is 3. The molecule has 1 amide bonds. The minimum Gasteiger partial charge on any atom is -0.374 e. The molecule has 0 N–H and O–H groups in total. The summed E-state index contributed by atoms with van der Waals surface area (Å²) in [6, 6.07) is 1.58. The number of hydrogen-bond donors (Lipinski definition) is 0. The molecule has 1 aliphatic heterocycles. The van der Waals surface area contributed by atoms with Crippen LogP contribution in [0.15, 0.2) is 12.3 Å². The second-order valence-electron chi connectivity index (χ2n) is 2.73. The highest BCUT2D eigenvalue weighted by atomic mass is 16.5. The van der Waals surface area contributed by atoms with E-state index in [0.717, 1.165) is 6.42 Å². The quantitative estimate of drug-likeness (QED) is 0.591. The molecule has 1 atom stereocenters. The van der Waals surface area contributed by atoms with Crippen LogP contribution in [0.1, 0.15) is 14.8 Å². The average molecular weight is 181 g/mol. The van der Waals surface area contributed by atoms with Crippen LogP contribution in [0.5, 0.6) is 0 Å². The van der Waals surface area contributed by atoms with Crippen LogP contribution in [0.4, 0.5) is 0 Å². The molecule has 13 heavy (non-hydrogen) atoms. The van der Waals surface area contributed by atoms with Gasteiger partial charge < -0.3 is 9.64 Å². The van der Waals surface area contributed by atoms with Crippen molar-refractivity contribution < 1.29 is 11.0 Å². The van der Waals surface area contributed by atoms with Crippen LogP contribution in [0, 0.1) is 11.3 Å². The number of nitriles is 1. The van der Waals surface area contributed by atoms with Crippen molar-refractivity contribution in [1.82, 2.24) is 4.90 Å². The van der Waals surface area contributed by atoms with Gasteiger partial charge in [0.2, 0.25) is 0 Å². The topological polar surface area (TPSA) is 53.3 Å². The van der Waals surface area contributed by atoms with Gasteiger partial charge >= 0.3 is 7.33 Å². The Labute approximate surface area is 78.9 Å². The summed E-state index contributed by atoms with van der Waals surface area (Å²) in [5.41, 5.74) is 0. The number of ether oxygens (including phenoxy) is 1. The van der Waals surface area contributed by atoms with E-state index in [9.17, 15) is 4.79 Å². The van der Waals surface area contributed by atoms with E-state index in [0.29, 0.717) is 13.2 Å². The molecule has 0 aromatic rings. The third-order valence-corrected chi connectivity index (χ3v) is 1.87. The molecule has 0 fully saturated rings. The zero-order valence-corrected chi connectivity index (χ0v) is 7.56. The molecular formula is C9H13N2O2+. The average Bonchev–Trinajstić information content (AvgIpc) is 2.18. The van der Waals surface area contributed by atoms with Gasteiger partial charge in [0.05, 0.1) is 6.10 Å². The lowest BCUT2D eigenvalue weighted by Gasteiger charge is -2.23. The lowest BCUT2D eigenvalue weighted by molar-refractivity contribution is -0.123. The second-order valence-corrected chi connectivity index (χ2v) is 2.73. The molecule has 1 rings (SSSR count). The van der Waals surface area contributed by atoms with Gasteiger partial charge in [-0.1, -0.05) is 0 Å². The van der Waals surface area contributed by atoms with Gasteiger partial charge in [0.15, 0.2) is 6.07 Å². The number of carbonyl (C=O) groups is 1. The van der Waals surface area contributed by atoms with Gasteiger partial charge in [-0.2, -0.15) is 5.26 Å². The SMILES string of the molecule is CCOC1C=CN(C(=O)C#N)CC1.[H+]. The molecule has 1 heterocycles. The Kier molecular flexibility index (Phi) is 3.47. The van der Waals surface area contributed by atoms with Crippen LogP contribution in [0.3, 0.4) is 0 Å². The fourth-order valence-corrected chi connectivity index (χ4v) is 1.22. The largest absolute Gasteiger partial charge is 1.00 e. The third-order valence-electron chi connectivity index (χ3n) is 1.87. The molecule has 0 radical (unpaired) electrons. The van der Waals surface area contributed by atoms with E-state index in [-0.39, 0.29) is 7.53 Å². The molecule has 0 saturated carbocycles. The van der Waals surface area contributed by atoms with Crippen LogP contribution in [0.2, 0.25) is 0 Å². The third kappa shape index (κ3) is 2.56. The molecule has 0 aromatic carbocycles. The van der Waals surface area contributed by atoms with E-state index in [1.54, 1.807) is 12.3 Å². The summed E-state index contributed by atoms with van der Waals surface area (Å²) in [5, 5.41) is 8.35. The van der Waals surface area contributed by atoms with Crippen molar-refractivity contribution in [3.05, 3.63) is 12.3 Å². The van der Waals surface area contributed by atoms with Crippen LogP contribution in [-0.2, 0) is 9.53 Å². The molecule has 0 spiro atoms. The summed E-state index contributed by atoms with van der Waals surface area (Å²) in [7, 11) is 0. The van der Waals surface area contributed by atoms with Crippen molar-refractivity contribution in [2.45, 2.75) is 19.4 Å². The van der Waals surface area contributed by atoms with Crippen molar-refractivity contribution in [2.75, 3.05) is 13.2 Å². The van der Waals surface area contributed by atoms with Gasteiger partial charge in [0.1, 0.15) is 0 Å². The highest BCUT2D eigenvalue weighted by Gasteiger charge is 2.17. The van der Waals surface area contributed by atoms with Crippen molar-refractivity contribution in [3.8, 4) is 6.07 Å². The van der Waals surface area contributed by atoms with Crippen molar-refractivity contribution in [1.29, 1.82) is 5.26 Å². The smallest absolute Gasteiger partial charge is 0.374 e. The maximum Gasteiger partial charge on any atom is 1.00 e. The summed E-state index contributed by atoms with van der Waals surface area (Å²) < 4.78 is 5.34. The molecule has 70 valence electrons. The lowest BCUT2D eigenvalue weighted by atomic mass is 10.2. The van der Waals surface area contributed by atoms with Crippen molar-refractivity contribution >= 4 is 5.91 Å². The van der Waals surface area contributed by atoms with Gasteiger partial charge in [-0.15, -0.1) is 0 Å². The van der Waals surface area contributed by atoms with Gasteiger partial charge in [-0.3, -0.25) is 4.79 Å². The first-order valence-corrected chi connectivity index (χ1v) is 4.28. The molecule has 0 aliphatic carbocycles. The van der Waals surface area contributed by atoms with E-state index < -0.39 is 5.91 Å². The normalized spacial score (nSPS) is 21.2. The Balaban J connectivity index is 0.00000169. The summed E-state index contributed by atoms with van der Waals surface area (Å²) in [6.45, 7) is 3.16. The maximum atomic E-state index is 10.9. The van der Waals surface area contributed by atoms with Gasteiger partial charge in [-0.05, 0) is 19.4 Å². The highest BCUT2D eigenvalue weighted by molar-refractivity contribution is 5.92. The number of nitrogens with zero attached hydrogens (tertiary/aromatic N) is 2. The van der Waals surface area contributed by atoms with Crippen molar-refractivity contribution in [3.63, 3.8) is 0 Å². The van der Waals surface area contributed by atoms with Gasteiger partial charge in [0, 0.05) is 19.4 Å². The first kappa shape index (κ1) is 9.75. The predicted molar refractivity (Wildman–Crippen MR) is 47.6 cm³/mol. The maximum absolute atomic E-state index is 10.9. The van der Waals surface area contributed by atoms with E-state index in [4.69, 9.17) is 10.00 Å². The first-order chi connectivity index (χ1) is 6.27. The summed E-state index contributed by atoms with van der Waals surface area (Å²) in [6.07, 6.45) is 4.28. The Bertz CT molecular complexity index is 260. The van der Waals surface area contributed by atoms with Crippen molar-refractivity contribution in [2.24, 2.45) is 0 Å². The Morgan fingerprint density at radius 3 is 3.15 bits per heavy atom. The van der Waals surface area contributed by atoms with Crippen LogP contribution < -0.4 is 0 Å². The second kappa shape index (κ2) is 4.63. The molecular weight excluding hydrogens is 168 g/mol. The monoisotopic (exact) mass is 181 g/mol. The van der Waals surface area contributed by atoms with E-state index in [1.165, 1.54) is 4.90 Å². The van der Waals surface area contributed by atoms with E-state index >= 15 is 0 Å². The minimum absolute atomic E-state index is 0. The minimum atomic E-state index is -0.508. The Morgan fingerprint density at radius 1 is 1.92 bits per heavy atom. The standard InChI is InChI=1S/C9H12N2O2/c1-2-13-8-3-5-11(6-4-8)9(12)7-10/h3,5,8H,2,4,6H2,1H3/p+1. The number of amides is 1. The van der Waals surface area contributed by atoms with Crippen LogP contribution in [0.25, 0.3) is 0 Å². The molecule has 4 heteroatoms. The van der Waals surface area contributed by atoms with E-state index in [1.807, 2.05) is 13.0 Å². The fraction of sp³-hybridized carbons (Fsp3) is 0.556. The predicted octanol–water partition coefficient (Wildman–Crippen LogP) is 0.774. The number of rotatable bonds is 2. The zero-order chi connectivity index (χ0) is 9.68. The lowest BCUT2D eigenvalue weighted by Crippen LogP contribution is -2.32. The van der Waals surface area contributed by atoms with E-state index in [2.05, 4.69) is 0 Å². The summed E-state index contributed by atoms with van der Waals surface area (Å²) in [5.74, 6) is -0.508. The number of carbonyl (C=O) groups excluding carboxylic acids is 1. The molecule has 1 unspecified atom stereocenters. The molecule has 4 nitrogen and oxygen atoms in total. The van der Waals surface area contributed by atoms with Crippen LogP contribution in [-0.4, -0.2) is 30.1 Å². The van der Waals surface area contributed by atoms with Gasteiger partial charge in [0.25, 0.3) is 0 Å². The Hall–Kier alpha value is -1.34. The first-order valence-electron chi connectivity index (χ1n) is 4.28. The summed E-state index contributed by atoms with van der Waals surface area (Å²) >= 11 is 0. The Morgan fingerprint density at radius 2 is 2.69 bits per heavy atom. The molecule has 0 saturated heterocycles. The highest BCUT2D eigenvalue weighted by Crippen LogP contribution is 2.10.